The molecule has 0 unspecified atom stereocenters. The molecule has 2 rings (SSSR count). The second kappa shape index (κ2) is 4.73. The van der Waals surface area contributed by atoms with Crippen molar-refractivity contribution in [2.24, 2.45) is 7.05 Å². The topological polar surface area (TPSA) is 71.9 Å². The summed E-state index contributed by atoms with van der Waals surface area (Å²) >= 11 is 0. The third kappa shape index (κ3) is 2.66. The van der Waals surface area contributed by atoms with E-state index in [9.17, 15) is 4.79 Å². The summed E-state index contributed by atoms with van der Waals surface area (Å²) in [5.74, 6) is 0.427. The van der Waals surface area contributed by atoms with E-state index < -0.39 is 0 Å². The molecule has 90 valence electrons. The number of esters is 1. The summed E-state index contributed by atoms with van der Waals surface area (Å²) in [5.41, 5.74) is 1.35. The summed E-state index contributed by atoms with van der Waals surface area (Å²) < 4.78 is 6.33. The van der Waals surface area contributed by atoms with Crippen molar-refractivity contribution >= 4 is 11.8 Å². The quantitative estimate of drug-likeness (QED) is 0.778. The van der Waals surface area contributed by atoms with Crippen LogP contribution in [0.3, 0.4) is 0 Å². The molecule has 0 aliphatic rings. The van der Waals surface area contributed by atoms with Crippen LogP contribution in [0.25, 0.3) is 0 Å². The van der Waals surface area contributed by atoms with Gasteiger partial charge in [0.25, 0.3) is 0 Å². The fraction of sp³-hybridized carbons (Fsp3) is 0.273. The Morgan fingerprint density at radius 2 is 2.35 bits per heavy atom. The van der Waals surface area contributed by atoms with Crippen LogP contribution in [0.15, 0.2) is 24.4 Å². The second-order valence-electron chi connectivity index (χ2n) is 3.62. The molecular weight excluding hydrogens is 220 g/mol. The number of ether oxygens (including phenoxy) is 1. The molecule has 0 bridgehead atoms. The monoisotopic (exact) mass is 234 g/mol. The van der Waals surface area contributed by atoms with E-state index >= 15 is 0 Å². The van der Waals surface area contributed by atoms with E-state index in [1.54, 1.807) is 10.7 Å². The highest BCUT2D eigenvalue weighted by molar-refractivity contribution is 5.87. The number of nitrogens with zero attached hydrogens (tertiary/aromatic N) is 2. The van der Waals surface area contributed by atoms with Crippen molar-refractivity contribution in [1.29, 1.82) is 0 Å². The summed E-state index contributed by atoms with van der Waals surface area (Å²) in [6.07, 6.45) is 1.86. The van der Waals surface area contributed by atoms with Gasteiger partial charge in [-0.25, -0.2) is 4.79 Å². The number of hydrogen-bond donors (Lipinski definition) is 2. The number of anilines is 1. The molecule has 6 nitrogen and oxygen atoms in total. The highest BCUT2D eigenvalue weighted by atomic mass is 16.5. The minimum atomic E-state index is -0.367. The van der Waals surface area contributed by atoms with Gasteiger partial charge in [-0.15, -0.1) is 0 Å². The summed E-state index contributed by atoms with van der Waals surface area (Å²) in [7, 11) is 3.21. The van der Waals surface area contributed by atoms with Gasteiger partial charge in [-0.3, -0.25) is 4.68 Å². The number of aryl methyl sites for hydroxylation is 1. The first-order valence-corrected chi connectivity index (χ1v) is 5.19. The fourth-order valence-corrected chi connectivity index (χ4v) is 1.47. The number of carbonyl (C=O) groups is 1. The zero-order valence-electron chi connectivity index (χ0n) is 9.73. The molecule has 0 radical (unpaired) electrons. The summed E-state index contributed by atoms with van der Waals surface area (Å²) in [4.78, 5) is 14.2. The van der Waals surface area contributed by atoms with E-state index in [1.807, 2.05) is 25.4 Å². The highest BCUT2D eigenvalue weighted by Gasteiger charge is 2.07. The Kier molecular flexibility index (Phi) is 3.13. The predicted octanol–water partition coefficient (Wildman–Crippen LogP) is 1.15. The van der Waals surface area contributed by atoms with Crippen LogP contribution < -0.4 is 5.32 Å². The van der Waals surface area contributed by atoms with Gasteiger partial charge < -0.3 is 15.0 Å². The molecule has 2 aromatic rings. The lowest BCUT2D eigenvalue weighted by molar-refractivity contribution is 0.0594. The number of H-pyrrole nitrogens is 1. The molecule has 0 aliphatic heterocycles. The third-order valence-corrected chi connectivity index (χ3v) is 2.33. The van der Waals surface area contributed by atoms with Gasteiger partial charge in [0.05, 0.1) is 13.7 Å². The Balaban J connectivity index is 1.95. The van der Waals surface area contributed by atoms with Crippen LogP contribution in [-0.4, -0.2) is 27.8 Å². The van der Waals surface area contributed by atoms with Gasteiger partial charge in [-0.2, -0.15) is 5.10 Å². The van der Waals surface area contributed by atoms with Gasteiger partial charge in [0.2, 0.25) is 0 Å². The molecule has 0 spiro atoms. The van der Waals surface area contributed by atoms with Crippen molar-refractivity contribution in [3.8, 4) is 0 Å². The summed E-state index contributed by atoms with van der Waals surface area (Å²) in [5, 5.41) is 7.32. The molecule has 2 N–H and O–H groups in total. The molecular formula is C11H14N4O2. The van der Waals surface area contributed by atoms with Crippen molar-refractivity contribution in [2.45, 2.75) is 6.54 Å². The molecule has 0 saturated heterocycles. The summed E-state index contributed by atoms with van der Waals surface area (Å²) in [6.45, 7) is 0.577. The normalized spacial score (nSPS) is 10.2. The molecule has 0 amide bonds. The van der Waals surface area contributed by atoms with E-state index in [4.69, 9.17) is 0 Å². The lowest BCUT2D eigenvalue weighted by atomic mass is 10.4. The van der Waals surface area contributed by atoms with Crippen LogP contribution in [-0.2, 0) is 18.3 Å². The molecule has 2 heterocycles. The van der Waals surface area contributed by atoms with Gasteiger partial charge in [0.1, 0.15) is 11.5 Å². The first-order chi connectivity index (χ1) is 8.19. The average molecular weight is 234 g/mol. The van der Waals surface area contributed by atoms with Crippen LogP contribution in [0.4, 0.5) is 5.82 Å². The van der Waals surface area contributed by atoms with Gasteiger partial charge in [0.15, 0.2) is 0 Å². The maximum absolute atomic E-state index is 11.2. The van der Waals surface area contributed by atoms with E-state index in [0.717, 1.165) is 11.5 Å². The van der Waals surface area contributed by atoms with Gasteiger partial charge >= 0.3 is 5.97 Å². The SMILES string of the molecule is COC(=O)c1ccc(CNc2ccn(C)n2)[nH]1. The van der Waals surface area contributed by atoms with Crippen LogP contribution in [0.1, 0.15) is 16.2 Å². The largest absolute Gasteiger partial charge is 0.464 e. The minimum Gasteiger partial charge on any atom is -0.464 e. The Labute approximate surface area is 98.6 Å². The van der Waals surface area contributed by atoms with Crippen molar-refractivity contribution in [3.63, 3.8) is 0 Å². The Morgan fingerprint density at radius 3 is 3.00 bits per heavy atom. The maximum atomic E-state index is 11.2. The van der Waals surface area contributed by atoms with Crippen LogP contribution >= 0.6 is 0 Å². The summed E-state index contributed by atoms with van der Waals surface area (Å²) in [6, 6.07) is 5.41. The second-order valence-corrected chi connectivity index (χ2v) is 3.62. The van der Waals surface area contributed by atoms with E-state index in [1.165, 1.54) is 7.11 Å². The number of methoxy groups -OCH3 is 1. The van der Waals surface area contributed by atoms with Crippen molar-refractivity contribution in [2.75, 3.05) is 12.4 Å². The molecule has 0 aromatic carbocycles. The van der Waals surface area contributed by atoms with Crippen LogP contribution in [0, 0.1) is 0 Å². The molecule has 0 saturated carbocycles. The smallest absolute Gasteiger partial charge is 0.354 e. The number of hydrogen-bond acceptors (Lipinski definition) is 4. The molecule has 2 aromatic heterocycles. The van der Waals surface area contributed by atoms with E-state index in [-0.39, 0.29) is 5.97 Å². The first-order valence-electron chi connectivity index (χ1n) is 5.19. The number of aromatic amines is 1. The van der Waals surface area contributed by atoms with Gasteiger partial charge in [0, 0.05) is 25.0 Å². The van der Waals surface area contributed by atoms with Crippen molar-refractivity contribution in [1.82, 2.24) is 14.8 Å². The van der Waals surface area contributed by atoms with Crippen LogP contribution in [0.5, 0.6) is 0 Å². The molecule has 0 atom stereocenters. The highest BCUT2D eigenvalue weighted by Crippen LogP contribution is 2.07. The predicted molar refractivity (Wildman–Crippen MR) is 62.7 cm³/mol. The zero-order chi connectivity index (χ0) is 12.3. The van der Waals surface area contributed by atoms with Crippen molar-refractivity contribution in [3.05, 3.63) is 35.8 Å². The van der Waals surface area contributed by atoms with E-state index in [0.29, 0.717) is 12.2 Å². The standard InChI is InChI=1S/C11H14N4O2/c1-15-6-5-10(14-15)12-7-8-3-4-9(13-8)11(16)17-2/h3-6,13H,7H2,1-2H3,(H,12,14). The molecule has 17 heavy (non-hydrogen) atoms. The maximum Gasteiger partial charge on any atom is 0.354 e. The molecule has 0 aliphatic carbocycles. The van der Waals surface area contributed by atoms with E-state index in [2.05, 4.69) is 20.1 Å². The van der Waals surface area contributed by atoms with Crippen molar-refractivity contribution < 1.29 is 9.53 Å². The Bertz CT molecular complexity index is 515. The minimum absolute atomic E-state index is 0.367. The number of nitrogens with one attached hydrogen (secondary N) is 2. The average Bonchev–Trinajstić information content (AvgIpc) is 2.94. The number of rotatable bonds is 4. The number of aromatic nitrogens is 3. The lowest BCUT2D eigenvalue weighted by Crippen LogP contribution is -2.04. The Morgan fingerprint density at radius 1 is 1.53 bits per heavy atom. The number of carbonyl (C=O) groups excluding carboxylic acids is 1. The molecule has 0 fully saturated rings. The fourth-order valence-electron chi connectivity index (χ4n) is 1.47. The van der Waals surface area contributed by atoms with Crippen LogP contribution in [0.2, 0.25) is 0 Å². The first kappa shape index (κ1) is 11.3. The third-order valence-electron chi connectivity index (χ3n) is 2.33. The van der Waals surface area contributed by atoms with Gasteiger partial charge in [-0.05, 0) is 12.1 Å². The van der Waals surface area contributed by atoms with Gasteiger partial charge in [-0.1, -0.05) is 0 Å². The Hall–Kier alpha value is -2.24. The molecule has 6 heteroatoms. The lowest BCUT2D eigenvalue weighted by Gasteiger charge is -2.00. The zero-order valence-corrected chi connectivity index (χ0v) is 9.73.